The summed E-state index contributed by atoms with van der Waals surface area (Å²) in [5, 5.41) is 11.5. The number of benzene rings is 2. The lowest BCUT2D eigenvalue weighted by atomic mass is 9.65. The van der Waals surface area contributed by atoms with Crippen LogP contribution >= 0.6 is 0 Å². The van der Waals surface area contributed by atoms with Crippen molar-refractivity contribution in [2.75, 3.05) is 41.5 Å². The lowest BCUT2D eigenvalue weighted by Crippen LogP contribution is -2.52. The number of hydrogen-bond acceptors (Lipinski definition) is 6. The zero-order valence-electron chi connectivity index (χ0n) is 18.0. The lowest BCUT2D eigenvalue weighted by molar-refractivity contribution is 0.00400. The van der Waals surface area contributed by atoms with Gasteiger partial charge in [-0.3, -0.25) is 4.90 Å². The molecule has 2 heterocycles. The first-order valence-corrected chi connectivity index (χ1v) is 10.6. The van der Waals surface area contributed by atoms with Gasteiger partial charge < -0.3 is 24.1 Å². The van der Waals surface area contributed by atoms with Crippen LogP contribution in [0.1, 0.15) is 35.8 Å². The van der Waals surface area contributed by atoms with Crippen LogP contribution in [0, 0.1) is 0 Å². The molecule has 0 amide bonds. The first-order chi connectivity index (χ1) is 14.6. The maximum atomic E-state index is 11.5. The number of fused-ring (bicyclic) bond motifs is 7. The van der Waals surface area contributed by atoms with Crippen LogP contribution in [0.2, 0.25) is 0 Å². The van der Waals surface area contributed by atoms with Crippen molar-refractivity contribution in [1.82, 2.24) is 4.90 Å². The second kappa shape index (κ2) is 7.36. The van der Waals surface area contributed by atoms with Crippen molar-refractivity contribution in [3.8, 4) is 34.1 Å². The van der Waals surface area contributed by atoms with E-state index >= 15 is 0 Å². The van der Waals surface area contributed by atoms with Crippen molar-refractivity contribution >= 4 is 0 Å². The Kier molecular flexibility index (Phi) is 4.79. The standard InChI is InChI=1S/C24H29NO5/c1-27-19-8-13-14-9-20(28-2)22(30-4)11-16(14)23-17(15(13)10-21(19)29-3)12-25-7-5-6-18(25)24(23)26/h8-11,17-18,23-24,26H,5-7,12H2,1-4H3/t17?,18-,23?,24+/m0/s1. The number of piperidine rings is 1. The number of aliphatic hydroxyl groups is 1. The molecule has 0 spiro atoms. The molecule has 2 aliphatic heterocycles. The summed E-state index contributed by atoms with van der Waals surface area (Å²) in [6.07, 6.45) is 1.76. The number of methoxy groups -OCH3 is 4. The molecule has 5 rings (SSSR count). The summed E-state index contributed by atoms with van der Waals surface area (Å²) in [5.41, 5.74) is 4.49. The molecule has 2 aromatic rings. The van der Waals surface area contributed by atoms with Gasteiger partial charge in [-0.1, -0.05) is 0 Å². The van der Waals surface area contributed by atoms with E-state index in [1.54, 1.807) is 28.4 Å². The SMILES string of the molecule is COc1cc2c(cc1OC)C1CN3CCC[C@H]3[C@@H](O)C1c1cc(OC)c(OC)cc1-2. The molecule has 0 saturated carbocycles. The van der Waals surface area contributed by atoms with E-state index in [0.717, 1.165) is 48.4 Å². The molecule has 2 aromatic carbocycles. The van der Waals surface area contributed by atoms with Crippen LogP contribution in [-0.2, 0) is 0 Å². The van der Waals surface area contributed by atoms with Crippen LogP contribution < -0.4 is 18.9 Å². The van der Waals surface area contributed by atoms with Crippen molar-refractivity contribution in [3.63, 3.8) is 0 Å². The normalized spacial score (nSPS) is 26.8. The molecule has 160 valence electrons. The van der Waals surface area contributed by atoms with Gasteiger partial charge in [0, 0.05) is 24.4 Å². The Morgan fingerprint density at radius 2 is 1.33 bits per heavy atom. The minimum Gasteiger partial charge on any atom is -0.493 e. The molecule has 4 atom stereocenters. The van der Waals surface area contributed by atoms with Gasteiger partial charge in [0.1, 0.15) is 0 Å². The predicted octanol–water partition coefficient (Wildman–Crippen LogP) is 3.41. The lowest BCUT2D eigenvalue weighted by Gasteiger charge is -2.48. The summed E-state index contributed by atoms with van der Waals surface area (Å²) in [6, 6.07) is 8.45. The topological polar surface area (TPSA) is 60.4 Å². The minimum atomic E-state index is -0.427. The summed E-state index contributed by atoms with van der Waals surface area (Å²) in [7, 11) is 6.63. The second-order valence-electron chi connectivity index (χ2n) is 8.42. The van der Waals surface area contributed by atoms with Gasteiger partial charge in [-0.05, 0) is 65.9 Å². The van der Waals surface area contributed by atoms with Gasteiger partial charge in [-0.2, -0.15) is 0 Å². The minimum absolute atomic E-state index is 0.00440. The predicted molar refractivity (Wildman–Crippen MR) is 114 cm³/mol. The Balaban J connectivity index is 1.77. The average Bonchev–Trinajstić information content (AvgIpc) is 3.26. The van der Waals surface area contributed by atoms with Crippen LogP contribution in [0.3, 0.4) is 0 Å². The Hall–Kier alpha value is -2.44. The summed E-state index contributed by atoms with van der Waals surface area (Å²) in [5.74, 6) is 2.98. The second-order valence-corrected chi connectivity index (χ2v) is 8.42. The fraction of sp³-hybridized carbons (Fsp3) is 0.500. The fourth-order valence-electron chi connectivity index (χ4n) is 5.84. The van der Waals surface area contributed by atoms with Crippen molar-refractivity contribution in [2.45, 2.75) is 36.8 Å². The van der Waals surface area contributed by atoms with E-state index < -0.39 is 6.10 Å². The molecule has 30 heavy (non-hydrogen) atoms. The van der Waals surface area contributed by atoms with E-state index in [4.69, 9.17) is 18.9 Å². The van der Waals surface area contributed by atoms with E-state index in [0.29, 0.717) is 17.2 Å². The molecule has 0 bridgehead atoms. The van der Waals surface area contributed by atoms with Gasteiger partial charge in [-0.15, -0.1) is 0 Å². The summed E-state index contributed by atoms with van der Waals surface area (Å²) < 4.78 is 22.4. The monoisotopic (exact) mass is 411 g/mol. The Bertz CT molecular complexity index is 975. The Morgan fingerprint density at radius 1 is 0.800 bits per heavy atom. The summed E-state index contributed by atoms with van der Waals surface area (Å²) >= 11 is 0. The molecule has 2 fully saturated rings. The highest BCUT2D eigenvalue weighted by Gasteiger charge is 2.49. The Labute approximate surface area is 177 Å². The average molecular weight is 411 g/mol. The van der Waals surface area contributed by atoms with E-state index in [1.165, 1.54) is 5.56 Å². The van der Waals surface area contributed by atoms with Crippen molar-refractivity contribution < 1.29 is 24.1 Å². The molecule has 6 nitrogen and oxygen atoms in total. The third kappa shape index (κ3) is 2.70. The number of ether oxygens (including phenoxy) is 4. The van der Waals surface area contributed by atoms with Crippen LogP contribution in [0.25, 0.3) is 11.1 Å². The molecule has 2 saturated heterocycles. The van der Waals surface area contributed by atoms with Crippen LogP contribution in [0.4, 0.5) is 0 Å². The summed E-state index contributed by atoms with van der Waals surface area (Å²) in [6.45, 7) is 1.98. The first-order valence-electron chi connectivity index (χ1n) is 10.6. The first kappa shape index (κ1) is 19.5. The fourth-order valence-corrected chi connectivity index (χ4v) is 5.84. The molecule has 0 aromatic heterocycles. The van der Waals surface area contributed by atoms with E-state index in [2.05, 4.69) is 23.1 Å². The molecule has 1 aliphatic carbocycles. The number of hydrogen-bond donors (Lipinski definition) is 1. The van der Waals surface area contributed by atoms with E-state index in [9.17, 15) is 5.11 Å². The zero-order valence-corrected chi connectivity index (χ0v) is 18.0. The largest absolute Gasteiger partial charge is 0.493 e. The van der Waals surface area contributed by atoms with Gasteiger partial charge >= 0.3 is 0 Å². The molecule has 6 heteroatoms. The van der Waals surface area contributed by atoms with Gasteiger partial charge in [0.25, 0.3) is 0 Å². The number of rotatable bonds is 4. The third-order valence-electron chi connectivity index (χ3n) is 7.20. The number of nitrogens with zero attached hydrogens (tertiary/aromatic N) is 1. The quantitative estimate of drug-likeness (QED) is 0.832. The molecular formula is C24H29NO5. The van der Waals surface area contributed by atoms with Gasteiger partial charge in [0.2, 0.25) is 0 Å². The van der Waals surface area contributed by atoms with Gasteiger partial charge in [-0.25, -0.2) is 0 Å². The number of aliphatic hydroxyl groups excluding tert-OH is 1. The maximum absolute atomic E-state index is 11.5. The van der Waals surface area contributed by atoms with Gasteiger partial charge in [0.15, 0.2) is 23.0 Å². The van der Waals surface area contributed by atoms with E-state index in [1.807, 2.05) is 6.07 Å². The smallest absolute Gasteiger partial charge is 0.161 e. The summed E-state index contributed by atoms with van der Waals surface area (Å²) in [4.78, 5) is 2.46. The van der Waals surface area contributed by atoms with Crippen LogP contribution in [0.15, 0.2) is 24.3 Å². The van der Waals surface area contributed by atoms with Crippen molar-refractivity contribution in [2.24, 2.45) is 0 Å². The highest BCUT2D eigenvalue weighted by Crippen LogP contribution is 2.56. The maximum Gasteiger partial charge on any atom is 0.161 e. The van der Waals surface area contributed by atoms with Crippen LogP contribution in [0.5, 0.6) is 23.0 Å². The highest BCUT2D eigenvalue weighted by molar-refractivity contribution is 5.80. The van der Waals surface area contributed by atoms with E-state index in [-0.39, 0.29) is 17.9 Å². The molecule has 1 N–H and O–H groups in total. The van der Waals surface area contributed by atoms with Gasteiger partial charge in [0.05, 0.1) is 34.5 Å². The zero-order chi connectivity index (χ0) is 21.0. The molecule has 0 radical (unpaired) electrons. The molecule has 3 aliphatic rings. The van der Waals surface area contributed by atoms with Crippen LogP contribution in [-0.4, -0.2) is 63.7 Å². The Morgan fingerprint density at radius 3 is 1.93 bits per heavy atom. The highest BCUT2D eigenvalue weighted by atomic mass is 16.5. The van der Waals surface area contributed by atoms with Crippen molar-refractivity contribution in [1.29, 1.82) is 0 Å². The molecule has 2 unspecified atom stereocenters. The van der Waals surface area contributed by atoms with Crippen molar-refractivity contribution in [3.05, 3.63) is 35.4 Å². The third-order valence-corrected chi connectivity index (χ3v) is 7.20. The molecular weight excluding hydrogens is 382 g/mol.